The first-order chi connectivity index (χ1) is 14.1. The van der Waals surface area contributed by atoms with Crippen molar-refractivity contribution in [3.05, 3.63) is 35.9 Å². The largest absolute Gasteiger partial charge is 0.441 e. The number of hydrogen-bond donors (Lipinski definition) is 0. The lowest BCUT2D eigenvalue weighted by atomic mass is 9.83. The molecule has 0 N–H and O–H groups in total. The molecular formula is C25H39NO3. The fourth-order valence-corrected chi connectivity index (χ4v) is 4.95. The van der Waals surface area contributed by atoms with Crippen LogP contribution >= 0.6 is 0 Å². The zero-order chi connectivity index (χ0) is 20.6. The molecule has 2 aliphatic carbocycles. The van der Waals surface area contributed by atoms with Gasteiger partial charge in [-0.05, 0) is 63.4 Å². The van der Waals surface area contributed by atoms with Gasteiger partial charge in [-0.15, -0.1) is 0 Å². The predicted molar refractivity (Wildman–Crippen MR) is 117 cm³/mol. The third kappa shape index (κ3) is 5.97. The summed E-state index contributed by atoms with van der Waals surface area (Å²) >= 11 is 0. The molecule has 4 heteroatoms. The first kappa shape index (κ1) is 22.1. The summed E-state index contributed by atoms with van der Waals surface area (Å²) in [5, 5.41) is 1.56. The van der Waals surface area contributed by atoms with Crippen molar-refractivity contribution in [1.82, 2.24) is 5.06 Å². The van der Waals surface area contributed by atoms with Crippen LogP contribution < -0.4 is 0 Å². The van der Waals surface area contributed by atoms with E-state index >= 15 is 0 Å². The fourth-order valence-electron chi connectivity index (χ4n) is 4.95. The minimum Gasteiger partial charge on any atom is -0.441 e. The van der Waals surface area contributed by atoms with Crippen LogP contribution in [0.25, 0.3) is 0 Å². The van der Waals surface area contributed by atoms with E-state index in [1.807, 2.05) is 18.2 Å². The molecule has 2 fully saturated rings. The second-order valence-corrected chi connectivity index (χ2v) is 8.99. The number of carbonyl (C=O) groups is 1. The zero-order valence-electron chi connectivity index (χ0n) is 18.5. The molecule has 1 amide bonds. The average Bonchev–Trinajstić information content (AvgIpc) is 2.78. The molecule has 1 aromatic carbocycles. The average molecular weight is 402 g/mol. The minimum absolute atomic E-state index is 0.222. The van der Waals surface area contributed by atoms with Crippen LogP contribution in [0.2, 0.25) is 0 Å². The molecule has 0 aliphatic heterocycles. The van der Waals surface area contributed by atoms with Gasteiger partial charge in [-0.2, -0.15) is 5.06 Å². The third-order valence-corrected chi connectivity index (χ3v) is 7.08. The van der Waals surface area contributed by atoms with Gasteiger partial charge in [0.2, 0.25) is 0 Å². The molecule has 1 aromatic rings. The van der Waals surface area contributed by atoms with Crippen LogP contribution in [0.5, 0.6) is 0 Å². The van der Waals surface area contributed by atoms with Gasteiger partial charge in [0.15, 0.2) is 0 Å². The lowest BCUT2D eigenvalue weighted by Crippen LogP contribution is -2.48. The van der Waals surface area contributed by atoms with Crippen LogP contribution in [0.1, 0.15) is 96.5 Å². The van der Waals surface area contributed by atoms with Crippen LogP contribution in [0.15, 0.2) is 30.3 Å². The monoisotopic (exact) mass is 401 g/mol. The molecule has 0 aromatic heterocycles. The van der Waals surface area contributed by atoms with E-state index in [9.17, 15) is 4.79 Å². The van der Waals surface area contributed by atoms with Gasteiger partial charge in [0, 0.05) is 0 Å². The van der Waals surface area contributed by atoms with E-state index in [1.165, 1.54) is 31.2 Å². The Balaban J connectivity index is 1.72. The van der Waals surface area contributed by atoms with Crippen molar-refractivity contribution in [3.63, 3.8) is 0 Å². The third-order valence-electron chi connectivity index (χ3n) is 7.08. The number of benzene rings is 1. The summed E-state index contributed by atoms with van der Waals surface area (Å²) in [6.45, 7) is 4.85. The SMILES string of the molecule is CCC1(OC(=O)N(CCc2ccccc2)OC2(CC)CCCCC2)CCCCC1. The maximum Gasteiger partial charge on any atom is 0.434 e. The lowest BCUT2D eigenvalue weighted by Gasteiger charge is -2.42. The van der Waals surface area contributed by atoms with Gasteiger partial charge in [-0.1, -0.05) is 69.9 Å². The number of nitrogens with zero attached hydrogens (tertiary/aromatic N) is 1. The van der Waals surface area contributed by atoms with Gasteiger partial charge < -0.3 is 4.74 Å². The number of hydroxylamine groups is 2. The summed E-state index contributed by atoms with van der Waals surface area (Å²) in [4.78, 5) is 19.8. The highest BCUT2D eigenvalue weighted by molar-refractivity contribution is 5.67. The molecule has 4 nitrogen and oxygen atoms in total. The zero-order valence-corrected chi connectivity index (χ0v) is 18.5. The Morgan fingerprint density at radius 1 is 0.862 bits per heavy atom. The van der Waals surface area contributed by atoms with Crippen molar-refractivity contribution in [3.8, 4) is 0 Å². The second-order valence-electron chi connectivity index (χ2n) is 8.99. The van der Waals surface area contributed by atoms with Gasteiger partial charge in [0.1, 0.15) is 5.60 Å². The summed E-state index contributed by atoms with van der Waals surface area (Å²) in [7, 11) is 0. The summed E-state index contributed by atoms with van der Waals surface area (Å²) in [5.41, 5.74) is 0.682. The first-order valence-corrected chi connectivity index (χ1v) is 11.8. The maximum absolute atomic E-state index is 13.3. The van der Waals surface area contributed by atoms with Gasteiger partial charge in [-0.3, -0.25) is 4.84 Å². The van der Waals surface area contributed by atoms with E-state index < -0.39 is 0 Å². The van der Waals surface area contributed by atoms with Crippen molar-refractivity contribution >= 4 is 6.09 Å². The van der Waals surface area contributed by atoms with Gasteiger partial charge >= 0.3 is 6.09 Å². The highest BCUT2D eigenvalue weighted by atomic mass is 16.7. The molecule has 0 bridgehead atoms. The Hall–Kier alpha value is -1.55. The molecule has 0 saturated heterocycles. The van der Waals surface area contributed by atoms with Crippen molar-refractivity contribution in [2.24, 2.45) is 0 Å². The summed E-state index contributed by atoms with van der Waals surface area (Å²) in [6, 6.07) is 10.3. The topological polar surface area (TPSA) is 38.8 Å². The van der Waals surface area contributed by atoms with E-state index in [-0.39, 0.29) is 17.3 Å². The van der Waals surface area contributed by atoms with Crippen LogP contribution in [-0.4, -0.2) is 28.9 Å². The van der Waals surface area contributed by atoms with E-state index in [1.54, 1.807) is 5.06 Å². The number of amides is 1. The number of hydrogen-bond acceptors (Lipinski definition) is 3. The Kier molecular flexibility index (Phi) is 7.99. The predicted octanol–water partition coefficient (Wildman–Crippen LogP) is 6.83. The highest BCUT2D eigenvalue weighted by Gasteiger charge is 2.39. The summed E-state index contributed by atoms with van der Waals surface area (Å²) in [5.74, 6) is 0. The normalized spacial score (nSPS) is 20.8. The molecule has 162 valence electrons. The Morgan fingerprint density at radius 3 is 1.97 bits per heavy atom. The van der Waals surface area contributed by atoms with Gasteiger partial charge in [0.05, 0.1) is 12.1 Å². The van der Waals surface area contributed by atoms with Crippen LogP contribution in [0, 0.1) is 0 Å². The van der Waals surface area contributed by atoms with Crippen LogP contribution in [0.4, 0.5) is 4.79 Å². The number of ether oxygens (including phenoxy) is 1. The second kappa shape index (κ2) is 10.5. The van der Waals surface area contributed by atoms with Gasteiger partial charge in [0.25, 0.3) is 0 Å². The quantitative estimate of drug-likeness (QED) is 0.448. The molecule has 0 unspecified atom stereocenters. The molecule has 0 heterocycles. The smallest absolute Gasteiger partial charge is 0.434 e. The van der Waals surface area contributed by atoms with Gasteiger partial charge in [-0.25, -0.2) is 4.79 Å². The Bertz CT molecular complexity index is 618. The molecule has 3 rings (SSSR count). The van der Waals surface area contributed by atoms with E-state index in [2.05, 4.69) is 26.0 Å². The van der Waals surface area contributed by atoms with Crippen molar-refractivity contribution in [2.75, 3.05) is 6.54 Å². The molecule has 2 saturated carbocycles. The summed E-state index contributed by atoms with van der Waals surface area (Å²) in [6.07, 6.45) is 13.4. The van der Waals surface area contributed by atoms with Crippen molar-refractivity contribution in [1.29, 1.82) is 0 Å². The van der Waals surface area contributed by atoms with E-state index in [0.717, 1.165) is 57.8 Å². The molecule has 0 spiro atoms. The summed E-state index contributed by atoms with van der Waals surface area (Å²) < 4.78 is 6.17. The molecule has 0 atom stereocenters. The Morgan fingerprint density at radius 2 is 1.41 bits per heavy atom. The molecular weight excluding hydrogens is 362 g/mol. The minimum atomic E-state index is -0.310. The molecule has 0 radical (unpaired) electrons. The standard InChI is InChI=1S/C25H39NO3/c1-3-24(17-10-6-11-18-24)28-23(27)26(21-16-22-14-8-5-9-15-22)29-25(4-2)19-12-7-13-20-25/h5,8-9,14-15H,3-4,6-7,10-13,16-21H2,1-2H3. The van der Waals surface area contributed by atoms with Crippen LogP contribution in [-0.2, 0) is 16.0 Å². The first-order valence-electron chi connectivity index (χ1n) is 11.8. The fraction of sp³-hybridized carbons (Fsp3) is 0.720. The van der Waals surface area contributed by atoms with Crippen LogP contribution in [0.3, 0.4) is 0 Å². The maximum atomic E-state index is 13.3. The number of carbonyl (C=O) groups excluding carboxylic acids is 1. The highest BCUT2D eigenvalue weighted by Crippen LogP contribution is 2.37. The van der Waals surface area contributed by atoms with E-state index in [4.69, 9.17) is 9.57 Å². The molecule has 29 heavy (non-hydrogen) atoms. The van der Waals surface area contributed by atoms with Crippen molar-refractivity contribution in [2.45, 2.75) is 109 Å². The van der Waals surface area contributed by atoms with E-state index in [0.29, 0.717) is 6.54 Å². The lowest BCUT2D eigenvalue weighted by molar-refractivity contribution is -0.243. The molecule has 2 aliphatic rings. The Labute approximate surface area is 176 Å². The van der Waals surface area contributed by atoms with Crippen molar-refractivity contribution < 1.29 is 14.4 Å². The number of rotatable bonds is 8.